The van der Waals surface area contributed by atoms with Gasteiger partial charge in [-0.05, 0) is 42.4 Å². The Bertz CT molecular complexity index is 818. The second-order valence-corrected chi connectivity index (χ2v) is 8.58. The van der Waals surface area contributed by atoms with Crippen molar-refractivity contribution in [3.63, 3.8) is 0 Å². The molecule has 1 aliphatic carbocycles. The zero-order valence-electron chi connectivity index (χ0n) is 17.8. The molecule has 1 aliphatic rings. The van der Waals surface area contributed by atoms with Gasteiger partial charge in [0.1, 0.15) is 5.75 Å². The van der Waals surface area contributed by atoms with Gasteiger partial charge in [0.2, 0.25) is 0 Å². The van der Waals surface area contributed by atoms with Gasteiger partial charge in [0.15, 0.2) is 17.5 Å². The highest BCUT2D eigenvalue weighted by Crippen LogP contribution is 2.35. The highest BCUT2D eigenvalue weighted by Gasteiger charge is 2.35. The molecule has 2 aromatic carbocycles. The molecular weight excluding hydrogens is 411 g/mol. The largest absolute Gasteiger partial charge is 0.429 e. The number of hydrogen-bond acceptors (Lipinski definition) is 1. The quantitative estimate of drug-likeness (QED) is 0.282. The summed E-state index contributed by atoms with van der Waals surface area (Å²) in [5, 5.41) is 0. The molecular formula is C25H29F5O. The van der Waals surface area contributed by atoms with Crippen molar-refractivity contribution in [3.8, 4) is 5.75 Å². The van der Waals surface area contributed by atoms with Gasteiger partial charge in [-0.25, -0.2) is 13.2 Å². The van der Waals surface area contributed by atoms with E-state index in [0.717, 1.165) is 24.3 Å². The molecule has 0 aliphatic heterocycles. The number of alkyl halides is 2. The Morgan fingerprint density at radius 3 is 1.97 bits per heavy atom. The minimum absolute atomic E-state index is 0.400. The Morgan fingerprint density at radius 1 is 0.871 bits per heavy atom. The van der Waals surface area contributed by atoms with Crippen molar-refractivity contribution < 1.29 is 26.7 Å². The number of hydrogen-bond donors (Lipinski definition) is 0. The van der Waals surface area contributed by atoms with E-state index in [-0.39, 0.29) is 0 Å². The fourth-order valence-corrected chi connectivity index (χ4v) is 4.34. The van der Waals surface area contributed by atoms with E-state index in [2.05, 4.69) is 11.7 Å². The maximum atomic E-state index is 14.4. The maximum absolute atomic E-state index is 14.4. The van der Waals surface area contributed by atoms with Crippen molar-refractivity contribution in [1.82, 2.24) is 0 Å². The van der Waals surface area contributed by atoms with Crippen LogP contribution in [0.4, 0.5) is 22.0 Å². The number of aryl methyl sites for hydroxylation is 1. The average Bonchev–Trinajstić information content (AvgIpc) is 2.75. The van der Waals surface area contributed by atoms with Crippen molar-refractivity contribution in [3.05, 3.63) is 65.0 Å². The lowest BCUT2D eigenvalue weighted by Gasteiger charge is -2.28. The first-order chi connectivity index (χ1) is 14.8. The van der Waals surface area contributed by atoms with E-state index in [1.807, 2.05) is 0 Å². The summed E-state index contributed by atoms with van der Waals surface area (Å²) in [6.45, 7) is 2.22. The van der Waals surface area contributed by atoms with Gasteiger partial charge < -0.3 is 4.74 Å². The zero-order chi connectivity index (χ0) is 22.4. The molecule has 0 aromatic heterocycles. The molecule has 0 bridgehead atoms. The van der Waals surface area contributed by atoms with Crippen LogP contribution in [0.2, 0.25) is 0 Å². The summed E-state index contributed by atoms with van der Waals surface area (Å²) in [6, 6.07) is 6.58. The third-order valence-electron chi connectivity index (χ3n) is 6.27. The molecule has 0 radical (unpaired) electrons. The van der Waals surface area contributed by atoms with E-state index in [4.69, 9.17) is 0 Å². The lowest BCUT2D eigenvalue weighted by Crippen LogP contribution is -2.22. The minimum Gasteiger partial charge on any atom is -0.429 e. The summed E-state index contributed by atoms with van der Waals surface area (Å²) in [4.78, 5) is 0. The van der Waals surface area contributed by atoms with E-state index < -0.39 is 34.9 Å². The van der Waals surface area contributed by atoms with E-state index >= 15 is 0 Å². The highest BCUT2D eigenvalue weighted by atomic mass is 19.3. The summed E-state index contributed by atoms with van der Waals surface area (Å²) in [5.41, 5.74) is 0.532. The molecule has 31 heavy (non-hydrogen) atoms. The van der Waals surface area contributed by atoms with Gasteiger partial charge in [0.25, 0.3) is 0 Å². The third-order valence-corrected chi connectivity index (χ3v) is 6.27. The lowest BCUT2D eigenvalue weighted by atomic mass is 9.78. The number of halogens is 5. The van der Waals surface area contributed by atoms with Gasteiger partial charge in [-0.3, -0.25) is 0 Å². The second-order valence-electron chi connectivity index (χ2n) is 8.58. The third kappa shape index (κ3) is 6.44. The van der Waals surface area contributed by atoms with Crippen molar-refractivity contribution >= 4 is 0 Å². The Balaban J connectivity index is 1.52. The molecule has 170 valence electrons. The van der Waals surface area contributed by atoms with E-state index in [0.29, 0.717) is 18.1 Å². The topological polar surface area (TPSA) is 9.23 Å². The van der Waals surface area contributed by atoms with Crippen LogP contribution in [0.25, 0.3) is 0 Å². The first-order valence-corrected chi connectivity index (χ1v) is 11.1. The Labute approximate surface area is 180 Å². The Kier molecular flexibility index (Phi) is 7.95. The number of rotatable bonds is 9. The smallest absolute Gasteiger partial charge is 0.426 e. The van der Waals surface area contributed by atoms with Gasteiger partial charge in [0, 0.05) is 12.1 Å². The highest BCUT2D eigenvalue weighted by molar-refractivity contribution is 5.29. The van der Waals surface area contributed by atoms with Crippen molar-refractivity contribution in [2.75, 3.05) is 0 Å². The predicted molar refractivity (Wildman–Crippen MR) is 111 cm³/mol. The molecule has 1 fully saturated rings. The molecule has 6 heteroatoms. The molecule has 1 nitrogen and oxygen atoms in total. The monoisotopic (exact) mass is 440 g/mol. The fraction of sp³-hybridized carbons (Fsp3) is 0.520. The molecule has 0 atom stereocenters. The van der Waals surface area contributed by atoms with E-state index in [9.17, 15) is 22.0 Å². The van der Waals surface area contributed by atoms with Crippen LogP contribution < -0.4 is 4.74 Å². The Hall–Kier alpha value is -2.11. The number of unbranched alkanes of at least 4 members (excludes halogenated alkanes) is 1. The summed E-state index contributed by atoms with van der Waals surface area (Å²) in [6.07, 6.45) is 7.01. The molecule has 0 unspecified atom stereocenters. The average molecular weight is 440 g/mol. The van der Waals surface area contributed by atoms with Crippen LogP contribution in [0, 0.1) is 29.3 Å². The summed E-state index contributed by atoms with van der Waals surface area (Å²) in [7, 11) is 0. The minimum atomic E-state index is -3.80. The van der Waals surface area contributed by atoms with Crippen LogP contribution in [0.5, 0.6) is 5.75 Å². The zero-order valence-corrected chi connectivity index (χ0v) is 17.8. The first-order valence-electron chi connectivity index (χ1n) is 11.1. The first kappa shape index (κ1) is 23.6. The normalized spacial score (nSPS) is 19.4. The molecule has 0 heterocycles. The van der Waals surface area contributed by atoms with Crippen molar-refractivity contribution in [1.29, 1.82) is 0 Å². The standard InChI is InChI=1S/C25H29F5O/c1-2-3-4-17-5-7-18(8-6-17)9-10-19-11-13-20(14-12-19)25(29,30)31-21-15-22(26)24(28)23(27)16-21/h11-18H,2-10H2,1H3/t17-,18-. The molecule has 0 spiro atoms. The molecule has 3 rings (SSSR count). The van der Waals surface area contributed by atoms with Crippen molar-refractivity contribution in [2.45, 2.75) is 70.8 Å². The van der Waals surface area contributed by atoms with Crippen LogP contribution in [0.15, 0.2) is 36.4 Å². The molecule has 0 amide bonds. The van der Waals surface area contributed by atoms with Gasteiger partial charge in [0.05, 0.1) is 5.56 Å². The van der Waals surface area contributed by atoms with Gasteiger partial charge in [-0.2, -0.15) is 8.78 Å². The van der Waals surface area contributed by atoms with E-state index in [1.54, 1.807) is 12.1 Å². The lowest BCUT2D eigenvalue weighted by molar-refractivity contribution is -0.185. The fourth-order valence-electron chi connectivity index (χ4n) is 4.34. The summed E-state index contributed by atoms with van der Waals surface area (Å²) < 4.78 is 72.7. The van der Waals surface area contributed by atoms with Crippen LogP contribution >= 0.6 is 0 Å². The van der Waals surface area contributed by atoms with Crippen LogP contribution in [-0.4, -0.2) is 0 Å². The van der Waals surface area contributed by atoms with E-state index in [1.165, 1.54) is 57.1 Å². The SMILES string of the molecule is CCCC[C@H]1CC[C@H](CCc2ccc(C(F)(F)Oc3cc(F)c(F)c(F)c3)cc2)CC1. The van der Waals surface area contributed by atoms with Crippen LogP contribution in [-0.2, 0) is 12.5 Å². The summed E-state index contributed by atoms with van der Waals surface area (Å²) >= 11 is 0. The Morgan fingerprint density at radius 2 is 1.42 bits per heavy atom. The molecule has 1 saturated carbocycles. The van der Waals surface area contributed by atoms with Crippen molar-refractivity contribution in [2.24, 2.45) is 11.8 Å². The number of benzene rings is 2. The van der Waals surface area contributed by atoms with Crippen LogP contribution in [0.1, 0.15) is 69.4 Å². The number of ether oxygens (including phenoxy) is 1. The summed E-state index contributed by atoms with van der Waals surface area (Å²) in [5.74, 6) is -4.12. The maximum Gasteiger partial charge on any atom is 0.426 e. The predicted octanol–water partition coefficient (Wildman–Crippen LogP) is 8.16. The molecule has 0 N–H and O–H groups in total. The van der Waals surface area contributed by atoms with Crippen LogP contribution in [0.3, 0.4) is 0 Å². The molecule has 2 aromatic rings. The van der Waals surface area contributed by atoms with Gasteiger partial charge in [-0.15, -0.1) is 0 Å². The molecule has 0 saturated heterocycles. The van der Waals surface area contributed by atoms with Gasteiger partial charge in [-0.1, -0.05) is 64.0 Å². The second kappa shape index (κ2) is 10.5. The van der Waals surface area contributed by atoms with Gasteiger partial charge >= 0.3 is 6.11 Å².